The van der Waals surface area contributed by atoms with Crippen LogP contribution in [-0.4, -0.2) is 21.2 Å². The van der Waals surface area contributed by atoms with E-state index in [1.54, 1.807) is 20.0 Å². The average Bonchev–Trinajstić information content (AvgIpc) is 2.35. The van der Waals surface area contributed by atoms with Crippen LogP contribution < -0.4 is 5.32 Å². The molecule has 0 atom stereocenters. The molecule has 2 N–H and O–H groups in total. The zero-order chi connectivity index (χ0) is 10.1. The highest BCUT2D eigenvalue weighted by atomic mass is 32.1. The molecule has 0 bridgehead atoms. The third kappa shape index (κ3) is 2.42. The second kappa shape index (κ2) is 3.27. The van der Waals surface area contributed by atoms with Gasteiger partial charge < -0.3 is 10.4 Å². The topological polar surface area (TPSA) is 45.1 Å². The highest BCUT2D eigenvalue weighted by Gasteiger charge is 2.35. The van der Waals surface area contributed by atoms with Gasteiger partial charge >= 0.3 is 0 Å². The molecule has 0 spiro atoms. The Labute approximate surface area is 82.8 Å². The molecule has 0 fully saturated rings. The summed E-state index contributed by atoms with van der Waals surface area (Å²) in [5, 5.41) is 15.8. The largest absolute Gasteiger partial charge is 0.388 e. The molecule has 1 aromatic rings. The van der Waals surface area contributed by atoms with Gasteiger partial charge in [-0.2, -0.15) is 0 Å². The summed E-state index contributed by atoms with van der Waals surface area (Å²) >= 11 is 1.53. The molecule has 1 heterocycles. The van der Waals surface area contributed by atoms with Crippen LogP contribution in [0.3, 0.4) is 0 Å². The summed E-state index contributed by atoms with van der Waals surface area (Å²) in [7, 11) is 0. The lowest BCUT2D eigenvalue weighted by molar-refractivity contribution is 0.0240. The Morgan fingerprint density at radius 3 is 2.38 bits per heavy atom. The maximum absolute atomic E-state index is 9.86. The Morgan fingerprint density at radius 1 is 1.38 bits per heavy atom. The van der Waals surface area contributed by atoms with E-state index < -0.39 is 5.60 Å². The van der Waals surface area contributed by atoms with Crippen molar-refractivity contribution in [1.29, 1.82) is 0 Å². The van der Waals surface area contributed by atoms with E-state index in [0.717, 1.165) is 5.13 Å². The molecule has 74 valence electrons. The van der Waals surface area contributed by atoms with Gasteiger partial charge in [-0.1, -0.05) is 0 Å². The van der Waals surface area contributed by atoms with E-state index in [0.29, 0.717) is 0 Å². The number of hydrogen-bond acceptors (Lipinski definition) is 4. The summed E-state index contributed by atoms with van der Waals surface area (Å²) in [5.74, 6) is 0. The summed E-state index contributed by atoms with van der Waals surface area (Å²) in [5.41, 5.74) is -1.16. The van der Waals surface area contributed by atoms with Gasteiger partial charge in [-0.3, -0.25) is 0 Å². The van der Waals surface area contributed by atoms with Crippen LogP contribution in [-0.2, 0) is 0 Å². The number of nitrogens with zero attached hydrogens (tertiary/aromatic N) is 1. The Morgan fingerprint density at radius 2 is 2.00 bits per heavy atom. The van der Waals surface area contributed by atoms with Crippen LogP contribution in [0, 0.1) is 0 Å². The number of anilines is 1. The average molecular weight is 200 g/mol. The molecule has 0 aliphatic rings. The first kappa shape index (κ1) is 10.5. The number of hydrogen-bond donors (Lipinski definition) is 2. The Hall–Kier alpha value is -0.610. The lowest BCUT2D eigenvalue weighted by Crippen LogP contribution is -2.51. The third-order valence-electron chi connectivity index (χ3n) is 2.38. The summed E-state index contributed by atoms with van der Waals surface area (Å²) in [6.45, 7) is 7.48. The molecule has 0 saturated carbocycles. The normalized spacial score (nSPS) is 13.0. The van der Waals surface area contributed by atoms with Crippen molar-refractivity contribution >= 4 is 16.5 Å². The van der Waals surface area contributed by atoms with Crippen molar-refractivity contribution in [1.82, 2.24) is 4.98 Å². The molecule has 0 aliphatic heterocycles. The van der Waals surface area contributed by atoms with Crippen molar-refractivity contribution in [3.05, 3.63) is 11.6 Å². The molecule has 0 amide bonds. The van der Waals surface area contributed by atoms with Crippen LogP contribution in [0.15, 0.2) is 11.6 Å². The van der Waals surface area contributed by atoms with Gasteiger partial charge in [0.05, 0.1) is 11.1 Å². The van der Waals surface area contributed by atoms with Crippen molar-refractivity contribution in [3.8, 4) is 0 Å². The maximum Gasteiger partial charge on any atom is 0.183 e. The van der Waals surface area contributed by atoms with Gasteiger partial charge in [-0.05, 0) is 27.7 Å². The van der Waals surface area contributed by atoms with Gasteiger partial charge in [0.2, 0.25) is 0 Å². The fourth-order valence-electron chi connectivity index (χ4n) is 0.705. The number of rotatable bonds is 3. The molecule has 1 aromatic heterocycles. The van der Waals surface area contributed by atoms with E-state index >= 15 is 0 Å². The van der Waals surface area contributed by atoms with E-state index in [-0.39, 0.29) is 5.54 Å². The Balaban J connectivity index is 2.73. The maximum atomic E-state index is 9.86. The lowest BCUT2D eigenvalue weighted by atomic mass is 9.86. The van der Waals surface area contributed by atoms with Crippen molar-refractivity contribution < 1.29 is 5.11 Å². The number of thiazole rings is 1. The predicted octanol–water partition coefficient (Wildman–Crippen LogP) is 2.10. The molecule has 0 aromatic carbocycles. The SMILES string of the molecule is CC(C)(O)C(C)(C)Nc1nccs1. The fourth-order valence-corrected chi connectivity index (χ4v) is 1.39. The van der Waals surface area contributed by atoms with Crippen molar-refractivity contribution in [2.45, 2.75) is 38.8 Å². The highest BCUT2D eigenvalue weighted by molar-refractivity contribution is 7.13. The summed E-state index contributed by atoms with van der Waals surface area (Å²) in [6.07, 6.45) is 1.74. The van der Waals surface area contributed by atoms with Gasteiger partial charge in [-0.25, -0.2) is 4.98 Å². The minimum atomic E-state index is -0.779. The zero-order valence-electron chi connectivity index (χ0n) is 8.46. The number of aromatic nitrogens is 1. The molecule has 3 nitrogen and oxygen atoms in total. The van der Waals surface area contributed by atoms with Crippen molar-refractivity contribution in [3.63, 3.8) is 0 Å². The molecule has 0 radical (unpaired) electrons. The van der Waals surface area contributed by atoms with E-state index in [2.05, 4.69) is 10.3 Å². The van der Waals surface area contributed by atoms with Crippen LogP contribution in [0.5, 0.6) is 0 Å². The molecular weight excluding hydrogens is 184 g/mol. The summed E-state index contributed by atoms with van der Waals surface area (Å²) in [6, 6.07) is 0. The second-order valence-corrected chi connectivity index (χ2v) is 5.04. The monoisotopic (exact) mass is 200 g/mol. The Bertz CT molecular complexity index is 262. The van der Waals surface area contributed by atoms with E-state index in [9.17, 15) is 5.11 Å². The molecule has 0 aliphatic carbocycles. The van der Waals surface area contributed by atoms with Crippen molar-refractivity contribution in [2.24, 2.45) is 0 Å². The zero-order valence-corrected chi connectivity index (χ0v) is 9.27. The smallest absolute Gasteiger partial charge is 0.183 e. The first-order chi connectivity index (χ1) is 5.83. The van der Waals surface area contributed by atoms with Gasteiger partial charge in [0.15, 0.2) is 5.13 Å². The lowest BCUT2D eigenvalue weighted by Gasteiger charge is -2.37. The molecular formula is C9H16N2OS. The van der Waals surface area contributed by atoms with Crippen LogP contribution in [0.2, 0.25) is 0 Å². The van der Waals surface area contributed by atoms with Crippen LogP contribution >= 0.6 is 11.3 Å². The van der Waals surface area contributed by atoms with E-state index in [1.165, 1.54) is 11.3 Å². The van der Waals surface area contributed by atoms with Crippen LogP contribution in [0.1, 0.15) is 27.7 Å². The van der Waals surface area contributed by atoms with Crippen LogP contribution in [0.25, 0.3) is 0 Å². The predicted molar refractivity (Wildman–Crippen MR) is 56.1 cm³/mol. The van der Waals surface area contributed by atoms with E-state index in [4.69, 9.17) is 0 Å². The third-order valence-corrected chi connectivity index (χ3v) is 3.07. The first-order valence-corrected chi connectivity index (χ1v) is 5.11. The molecule has 0 saturated heterocycles. The molecule has 0 unspecified atom stereocenters. The summed E-state index contributed by atoms with van der Waals surface area (Å²) in [4.78, 5) is 4.11. The summed E-state index contributed by atoms with van der Waals surface area (Å²) < 4.78 is 0. The van der Waals surface area contributed by atoms with Gasteiger partial charge in [0, 0.05) is 11.6 Å². The highest BCUT2D eigenvalue weighted by Crippen LogP contribution is 2.26. The fraction of sp³-hybridized carbons (Fsp3) is 0.667. The van der Waals surface area contributed by atoms with Gasteiger partial charge in [-0.15, -0.1) is 11.3 Å². The van der Waals surface area contributed by atoms with E-state index in [1.807, 2.05) is 19.2 Å². The van der Waals surface area contributed by atoms with Gasteiger partial charge in [0.25, 0.3) is 0 Å². The second-order valence-electron chi connectivity index (χ2n) is 4.15. The molecule has 13 heavy (non-hydrogen) atoms. The Kier molecular flexibility index (Phi) is 2.63. The minimum Gasteiger partial charge on any atom is -0.388 e. The standard InChI is InChI=1S/C9H16N2OS/c1-8(2,9(3,4)12)11-7-10-5-6-13-7/h5-6,12H,1-4H3,(H,10,11). The van der Waals surface area contributed by atoms with Crippen LogP contribution in [0.4, 0.5) is 5.13 Å². The number of nitrogens with one attached hydrogen (secondary N) is 1. The molecule has 1 rings (SSSR count). The minimum absolute atomic E-state index is 0.384. The quantitative estimate of drug-likeness (QED) is 0.785. The first-order valence-electron chi connectivity index (χ1n) is 4.23. The van der Waals surface area contributed by atoms with Gasteiger partial charge in [0.1, 0.15) is 0 Å². The molecule has 4 heteroatoms. The number of aliphatic hydroxyl groups is 1. The van der Waals surface area contributed by atoms with Crippen molar-refractivity contribution in [2.75, 3.05) is 5.32 Å².